The van der Waals surface area contributed by atoms with E-state index in [0.29, 0.717) is 6.42 Å². The van der Waals surface area contributed by atoms with Crippen LogP contribution >= 0.6 is 0 Å². The maximum atomic E-state index is 11.4. The second kappa shape index (κ2) is 10.3. The fourth-order valence-corrected chi connectivity index (χ4v) is 3.23. The molecule has 4 heterocycles. The second-order valence-corrected chi connectivity index (χ2v) is 7.02. The van der Waals surface area contributed by atoms with Gasteiger partial charge in [0.2, 0.25) is 11.7 Å². The highest BCUT2D eigenvalue weighted by Crippen LogP contribution is 2.17. The number of aromatic nitrogens is 5. The predicted octanol–water partition coefficient (Wildman–Crippen LogP) is 2.04. The highest BCUT2D eigenvalue weighted by Gasteiger charge is 2.18. The van der Waals surface area contributed by atoms with Gasteiger partial charge in [0.1, 0.15) is 11.6 Å². The minimum Gasteiger partial charge on any atom is -0.363 e. The van der Waals surface area contributed by atoms with Crippen molar-refractivity contribution in [1.29, 1.82) is 0 Å². The number of hydrogen-bond acceptors (Lipinski definition) is 5. The van der Waals surface area contributed by atoms with Crippen LogP contribution in [0, 0.1) is 0 Å². The Hall–Kier alpha value is -3.49. The van der Waals surface area contributed by atoms with Gasteiger partial charge in [-0.15, -0.1) is 5.10 Å². The van der Waals surface area contributed by atoms with Gasteiger partial charge in [-0.3, -0.25) is 9.59 Å². The second-order valence-electron chi connectivity index (χ2n) is 7.02. The minimum absolute atomic E-state index is 0.145. The molecule has 0 unspecified atom stereocenters. The number of fused-ring (bicyclic) bond motifs is 2. The van der Waals surface area contributed by atoms with Crippen LogP contribution in [-0.4, -0.2) is 43.4 Å². The van der Waals surface area contributed by atoms with Crippen LogP contribution in [0.1, 0.15) is 42.1 Å². The van der Waals surface area contributed by atoms with E-state index in [1.807, 2.05) is 47.1 Å². The molecule has 9 heteroatoms. The van der Waals surface area contributed by atoms with E-state index in [2.05, 4.69) is 15.2 Å². The molecule has 5 rings (SSSR count). The van der Waals surface area contributed by atoms with Gasteiger partial charge in [0.25, 0.3) is 5.91 Å². The SMILES string of the molecule is CN1C(=O)CCCn2nccc21.NC(=O)c1nc2n(n1)CCCC2.c1ccccc1. The highest BCUT2D eigenvalue weighted by atomic mass is 16.2. The third-order valence-corrected chi connectivity index (χ3v) is 4.83. The smallest absolute Gasteiger partial charge is 0.288 e. The van der Waals surface area contributed by atoms with Crippen molar-refractivity contribution in [3.8, 4) is 0 Å². The molecule has 2 aliphatic heterocycles. The fourth-order valence-electron chi connectivity index (χ4n) is 3.23. The largest absolute Gasteiger partial charge is 0.363 e. The molecular formula is C21H27N7O2. The summed E-state index contributed by atoms with van der Waals surface area (Å²) in [6.07, 6.45) is 6.37. The number of nitrogens with zero attached hydrogens (tertiary/aromatic N) is 6. The number of benzene rings is 1. The van der Waals surface area contributed by atoms with E-state index in [0.717, 1.165) is 50.4 Å². The molecule has 1 aromatic carbocycles. The molecule has 0 radical (unpaired) electrons. The molecule has 3 aromatic rings. The normalized spacial score (nSPS) is 14.8. The van der Waals surface area contributed by atoms with E-state index >= 15 is 0 Å². The van der Waals surface area contributed by atoms with Crippen LogP contribution in [0.5, 0.6) is 0 Å². The Morgan fingerprint density at radius 3 is 2.27 bits per heavy atom. The standard InChI is InChI=1S/C8H11N3O.C7H10N4O.C6H6/c1-10-7-4-5-9-11(7)6-2-3-8(10)12;8-6(12)7-9-5-3-1-2-4-11(5)10-7;1-2-4-6-5-3-1/h4-5H,2-3,6H2,1H3;1-4H2,(H2,8,12);1-6H. The molecule has 2 N–H and O–H groups in total. The van der Waals surface area contributed by atoms with Crippen LogP contribution < -0.4 is 10.6 Å². The van der Waals surface area contributed by atoms with Gasteiger partial charge in [0.15, 0.2) is 0 Å². The Morgan fingerprint density at radius 2 is 1.63 bits per heavy atom. The van der Waals surface area contributed by atoms with Gasteiger partial charge in [-0.2, -0.15) is 5.10 Å². The van der Waals surface area contributed by atoms with Crippen LogP contribution in [0.15, 0.2) is 48.7 Å². The summed E-state index contributed by atoms with van der Waals surface area (Å²) < 4.78 is 3.63. The molecule has 0 saturated heterocycles. The van der Waals surface area contributed by atoms with Crippen molar-refractivity contribution < 1.29 is 9.59 Å². The summed E-state index contributed by atoms with van der Waals surface area (Å²) in [6.45, 7) is 1.70. The van der Waals surface area contributed by atoms with E-state index < -0.39 is 5.91 Å². The number of anilines is 1. The quantitative estimate of drug-likeness (QED) is 0.661. The molecule has 0 aliphatic carbocycles. The first-order chi connectivity index (χ1) is 14.6. The first-order valence-electron chi connectivity index (χ1n) is 10.1. The Bertz CT molecular complexity index is 915. The zero-order valence-electron chi connectivity index (χ0n) is 17.1. The van der Waals surface area contributed by atoms with Crippen molar-refractivity contribution in [2.75, 3.05) is 11.9 Å². The maximum absolute atomic E-state index is 11.4. The fraction of sp³-hybridized carbons (Fsp3) is 0.381. The number of rotatable bonds is 1. The number of carbonyl (C=O) groups is 2. The van der Waals surface area contributed by atoms with Crippen LogP contribution in [-0.2, 0) is 24.3 Å². The Kier molecular flexibility index (Phi) is 7.31. The molecule has 2 amide bonds. The summed E-state index contributed by atoms with van der Waals surface area (Å²) in [7, 11) is 1.79. The third kappa shape index (κ3) is 5.53. The lowest BCUT2D eigenvalue weighted by molar-refractivity contribution is -0.118. The minimum atomic E-state index is -0.545. The Morgan fingerprint density at radius 1 is 0.967 bits per heavy atom. The van der Waals surface area contributed by atoms with E-state index in [4.69, 9.17) is 5.73 Å². The first kappa shape index (κ1) is 21.2. The van der Waals surface area contributed by atoms with Crippen LogP contribution in [0.25, 0.3) is 0 Å². The Labute approximate surface area is 175 Å². The Balaban J connectivity index is 0.000000136. The first-order valence-corrected chi connectivity index (χ1v) is 10.1. The van der Waals surface area contributed by atoms with Gasteiger partial charge in [0.05, 0.1) is 6.20 Å². The zero-order chi connectivity index (χ0) is 21.3. The average molecular weight is 409 g/mol. The van der Waals surface area contributed by atoms with Crippen molar-refractivity contribution in [2.45, 2.75) is 45.2 Å². The van der Waals surface area contributed by atoms with Gasteiger partial charge in [-0.25, -0.2) is 14.3 Å². The molecule has 0 bridgehead atoms. The molecule has 158 valence electrons. The predicted molar refractivity (Wildman–Crippen MR) is 113 cm³/mol. The van der Waals surface area contributed by atoms with E-state index in [-0.39, 0.29) is 11.7 Å². The average Bonchev–Trinajstić information content (AvgIpc) is 3.40. The van der Waals surface area contributed by atoms with Gasteiger partial charge in [0, 0.05) is 39.0 Å². The number of nitrogens with two attached hydrogens (primary N) is 1. The summed E-state index contributed by atoms with van der Waals surface area (Å²) in [6, 6.07) is 13.9. The summed E-state index contributed by atoms with van der Waals surface area (Å²) in [4.78, 5) is 27.8. The van der Waals surface area contributed by atoms with E-state index in [1.54, 1.807) is 22.8 Å². The number of amides is 2. The molecule has 0 saturated carbocycles. The number of primary amides is 1. The molecule has 2 aliphatic rings. The van der Waals surface area contributed by atoms with Crippen molar-refractivity contribution in [1.82, 2.24) is 24.5 Å². The van der Waals surface area contributed by atoms with Crippen molar-refractivity contribution in [3.05, 3.63) is 60.3 Å². The van der Waals surface area contributed by atoms with E-state index in [1.165, 1.54) is 0 Å². The lowest BCUT2D eigenvalue weighted by Gasteiger charge is -2.13. The molecule has 2 aromatic heterocycles. The summed E-state index contributed by atoms with van der Waals surface area (Å²) in [5.41, 5.74) is 5.05. The van der Waals surface area contributed by atoms with Crippen molar-refractivity contribution in [3.63, 3.8) is 0 Å². The molecular weight excluding hydrogens is 382 g/mol. The van der Waals surface area contributed by atoms with Crippen molar-refractivity contribution >= 4 is 17.6 Å². The van der Waals surface area contributed by atoms with Crippen LogP contribution in [0.2, 0.25) is 0 Å². The molecule has 0 spiro atoms. The summed E-state index contributed by atoms with van der Waals surface area (Å²) in [5, 5.41) is 8.11. The molecule has 30 heavy (non-hydrogen) atoms. The molecule has 0 atom stereocenters. The van der Waals surface area contributed by atoms with E-state index in [9.17, 15) is 9.59 Å². The zero-order valence-corrected chi connectivity index (χ0v) is 17.1. The van der Waals surface area contributed by atoms with Crippen LogP contribution in [0.3, 0.4) is 0 Å². The number of hydrogen-bond donors (Lipinski definition) is 1. The summed E-state index contributed by atoms with van der Waals surface area (Å²) in [5.74, 6) is 1.56. The number of aryl methyl sites for hydroxylation is 3. The lowest BCUT2D eigenvalue weighted by Crippen LogP contribution is -2.25. The van der Waals surface area contributed by atoms with Gasteiger partial charge in [-0.05, 0) is 19.3 Å². The van der Waals surface area contributed by atoms with Crippen molar-refractivity contribution in [2.24, 2.45) is 5.73 Å². The molecule has 9 nitrogen and oxygen atoms in total. The third-order valence-electron chi connectivity index (χ3n) is 4.83. The highest BCUT2D eigenvalue weighted by molar-refractivity contribution is 5.92. The monoisotopic (exact) mass is 409 g/mol. The maximum Gasteiger partial charge on any atom is 0.288 e. The van der Waals surface area contributed by atoms with Gasteiger partial charge >= 0.3 is 0 Å². The number of carbonyl (C=O) groups excluding carboxylic acids is 2. The topological polar surface area (TPSA) is 112 Å². The van der Waals surface area contributed by atoms with Gasteiger partial charge < -0.3 is 10.6 Å². The van der Waals surface area contributed by atoms with Gasteiger partial charge in [-0.1, -0.05) is 36.4 Å². The lowest BCUT2D eigenvalue weighted by atomic mass is 10.2. The molecule has 0 fully saturated rings. The van der Waals surface area contributed by atoms with Crippen LogP contribution in [0.4, 0.5) is 5.82 Å². The summed E-state index contributed by atoms with van der Waals surface area (Å²) >= 11 is 0.